The van der Waals surface area contributed by atoms with Gasteiger partial charge in [0.05, 0.1) is 0 Å². The summed E-state index contributed by atoms with van der Waals surface area (Å²) in [5.41, 5.74) is 2.01. The molecule has 0 aromatic heterocycles. The average molecular weight is 392 g/mol. The van der Waals surface area contributed by atoms with Crippen molar-refractivity contribution in [3.63, 3.8) is 0 Å². The lowest BCUT2D eigenvalue weighted by molar-refractivity contribution is -0.131. The van der Waals surface area contributed by atoms with Crippen LogP contribution in [0.4, 0.5) is 4.39 Å². The number of halogens is 2. The third-order valence-corrected chi connectivity index (χ3v) is 4.36. The van der Waals surface area contributed by atoms with Gasteiger partial charge in [-0.1, -0.05) is 66.7 Å². The van der Waals surface area contributed by atoms with E-state index in [9.17, 15) is 14.3 Å². The van der Waals surface area contributed by atoms with Crippen molar-refractivity contribution in [1.29, 1.82) is 0 Å². The third-order valence-electron chi connectivity index (χ3n) is 3.57. The van der Waals surface area contributed by atoms with E-state index in [-0.39, 0.29) is 6.54 Å². The molecule has 2 N–H and O–H groups in total. The van der Waals surface area contributed by atoms with E-state index in [1.165, 1.54) is 0 Å². The molecule has 1 amide bonds. The summed E-state index contributed by atoms with van der Waals surface area (Å²) >= 11 is 2.73. The molecule has 0 saturated carbocycles. The minimum absolute atomic E-state index is 0.186. The summed E-state index contributed by atoms with van der Waals surface area (Å²) in [6, 6.07) is 18.4. The molecular weight excluding hydrogens is 373 g/mol. The van der Waals surface area contributed by atoms with Crippen LogP contribution in [0.1, 0.15) is 18.1 Å². The number of rotatable bonds is 6. The molecule has 5 heteroatoms. The van der Waals surface area contributed by atoms with E-state index in [1.54, 1.807) is 13.0 Å². The molecule has 0 aliphatic rings. The lowest BCUT2D eigenvalue weighted by Gasteiger charge is -2.24. The zero-order chi connectivity index (χ0) is 17.6. The zero-order valence-corrected chi connectivity index (χ0v) is 14.8. The van der Waals surface area contributed by atoms with Gasteiger partial charge in [0.2, 0.25) is 0 Å². The van der Waals surface area contributed by atoms with Gasteiger partial charge in [-0.2, -0.15) is 0 Å². The molecule has 0 fully saturated rings. The van der Waals surface area contributed by atoms with Gasteiger partial charge in [0, 0.05) is 6.54 Å². The van der Waals surface area contributed by atoms with Crippen LogP contribution in [0.25, 0.3) is 6.08 Å². The van der Waals surface area contributed by atoms with Crippen LogP contribution in [0, 0.1) is 0 Å². The van der Waals surface area contributed by atoms with Gasteiger partial charge in [0.1, 0.15) is 6.10 Å². The fourth-order valence-corrected chi connectivity index (χ4v) is 2.70. The Morgan fingerprint density at radius 2 is 1.75 bits per heavy atom. The Morgan fingerprint density at radius 3 is 2.33 bits per heavy atom. The highest BCUT2D eigenvalue weighted by Gasteiger charge is 2.44. The van der Waals surface area contributed by atoms with Gasteiger partial charge in [-0.15, -0.1) is 0 Å². The van der Waals surface area contributed by atoms with Crippen molar-refractivity contribution in [2.45, 2.75) is 24.2 Å². The van der Waals surface area contributed by atoms with E-state index in [1.807, 2.05) is 60.7 Å². The van der Waals surface area contributed by atoms with E-state index >= 15 is 0 Å². The van der Waals surface area contributed by atoms with Gasteiger partial charge >= 0.3 is 0 Å². The maximum Gasteiger partial charge on any atom is 0.272 e. The van der Waals surface area contributed by atoms with Crippen LogP contribution in [0.5, 0.6) is 0 Å². The quantitative estimate of drug-likeness (QED) is 0.735. The molecule has 24 heavy (non-hydrogen) atoms. The van der Waals surface area contributed by atoms with Crippen molar-refractivity contribution < 1.29 is 14.3 Å². The van der Waals surface area contributed by atoms with Crippen molar-refractivity contribution in [3.05, 3.63) is 77.4 Å². The number of aliphatic hydroxyl groups is 1. The van der Waals surface area contributed by atoms with E-state index < -0.39 is 16.6 Å². The Kier molecular flexibility index (Phi) is 6.29. The summed E-state index contributed by atoms with van der Waals surface area (Å²) in [6.45, 7) is 1.77. The fraction of sp³-hybridized carbons (Fsp3) is 0.211. The molecule has 0 unspecified atom stereocenters. The highest BCUT2D eigenvalue weighted by atomic mass is 79.9. The van der Waals surface area contributed by atoms with Gasteiger partial charge in [0.25, 0.3) is 10.5 Å². The molecule has 2 aromatic rings. The first-order chi connectivity index (χ1) is 11.4. The summed E-state index contributed by atoms with van der Waals surface area (Å²) in [7, 11) is 0. The lowest BCUT2D eigenvalue weighted by atomic mass is 10.0. The third kappa shape index (κ3) is 4.76. The number of carbonyl (C=O) groups is 1. The number of carbonyl (C=O) groups excluding carboxylic acids is 1. The SMILES string of the molecule is C/C(=C\c1ccccc1)[C@@H](O)[C@@](F)(Br)C(=O)NCc1ccccc1. The summed E-state index contributed by atoms with van der Waals surface area (Å²) in [4.78, 5) is 12.1. The van der Waals surface area contributed by atoms with Gasteiger partial charge in [-0.05, 0) is 39.6 Å². The zero-order valence-electron chi connectivity index (χ0n) is 13.2. The lowest BCUT2D eigenvalue weighted by Crippen LogP contribution is -2.47. The second-order valence-electron chi connectivity index (χ2n) is 5.49. The number of amides is 1. The Morgan fingerprint density at radius 1 is 1.21 bits per heavy atom. The number of hydrogen-bond donors (Lipinski definition) is 2. The summed E-state index contributed by atoms with van der Waals surface area (Å²) < 4.78 is 12.1. The normalized spacial score (nSPS) is 15.4. The number of alkyl halides is 2. The topological polar surface area (TPSA) is 49.3 Å². The molecule has 0 heterocycles. The van der Waals surface area contributed by atoms with Crippen LogP contribution in [0.2, 0.25) is 0 Å². The fourth-order valence-electron chi connectivity index (χ4n) is 2.20. The highest BCUT2D eigenvalue weighted by Crippen LogP contribution is 2.30. The van der Waals surface area contributed by atoms with Crippen LogP contribution < -0.4 is 5.32 Å². The summed E-state index contributed by atoms with van der Waals surface area (Å²) in [5, 5.41) is 12.7. The first-order valence-electron chi connectivity index (χ1n) is 7.52. The standard InChI is InChI=1S/C19H19BrFNO2/c1-14(12-15-8-4-2-5-9-15)17(23)19(20,21)18(24)22-13-16-10-6-3-7-11-16/h2-12,17,23H,13H2,1H3,(H,22,24)/b14-12+/t17-,19+/m1/s1. The molecule has 0 spiro atoms. The first kappa shape index (κ1) is 18.4. The molecule has 2 aromatic carbocycles. The van der Waals surface area contributed by atoms with Crippen LogP contribution >= 0.6 is 15.9 Å². The molecule has 2 rings (SSSR count). The Bertz CT molecular complexity index is 702. The maximum atomic E-state index is 14.7. The molecule has 0 aliphatic heterocycles. The van der Waals surface area contributed by atoms with Crippen molar-refractivity contribution in [2.75, 3.05) is 0 Å². The number of nitrogens with one attached hydrogen (secondary N) is 1. The second kappa shape index (κ2) is 8.22. The van der Waals surface area contributed by atoms with E-state index in [0.717, 1.165) is 11.1 Å². The smallest absolute Gasteiger partial charge is 0.272 e. The van der Waals surface area contributed by atoms with E-state index in [2.05, 4.69) is 21.2 Å². The predicted octanol–water partition coefficient (Wildman–Crippen LogP) is 3.83. The van der Waals surface area contributed by atoms with Gasteiger partial charge < -0.3 is 10.4 Å². The Balaban J connectivity index is 2.04. The van der Waals surface area contributed by atoms with E-state index in [0.29, 0.717) is 5.57 Å². The summed E-state index contributed by atoms with van der Waals surface area (Å²) in [6.07, 6.45) is 0.0403. The second-order valence-corrected chi connectivity index (χ2v) is 6.65. The minimum atomic E-state index is -2.60. The highest BCUT2D eigenvalue weighted by molar-refractivity contribution is 9.10. The minimum Gasteiger partial charge on any atom is -0.384 e. The molecule has 0 radical (unpaired) electrons. The molecular formula is C19H19BrFNO2. The van der Waals surface area contributed by atoms with Crippen molar-refractivity contribution in [1.82, 2.24) is 5.32 Å². The number of hydrogen-bond acceptors (Lipinski definition) is 2. The van der Waals surface area contributed by atoms with Crippen molar-refractivity contribution >= 4 is 27.9 Å². The molecule has 126 valence electrons. The number of benzene rings is 2. The molecule has 0 bridgehead atoms. The van der Waals surface area contributed by atoms with Crippen LogP contribution in [-0.2, 0) is 11.3 Å². The van der Waals surface area contributed by atoms with Crippen LogP contribution in [-0.4, -0.2) is 21.7 Å². The molecule has 2 atom stereocenters. The maximum absolute atomic E-state index is 14.7. The molecule has 3 nitrogen and oxygen atoms in total. The first-order valence-corrected chi connectivity index (χ1v) is 8.32. The Hall–Kier alpha value is -1.98. The van der Waals surface area contributed by atoms with E-state index in [4.69, 9.17) is 0 Å². The average Bonchev–Trinajstić information content (AvgIpc) is 2.60. The van der Waals surface area contributed by atoms with Crippen molar-refractivity contribution in [3.8, 4) is 0 Å². The van der Waals surface area contributed by atoms with Crippen LogP contribution in [0.15, 0.2) is 66.2 Å². The summed E-state index contributed by atoms with van der Waals surface area (Å²) in [5.74, 6) is -0.917. The van der Waals surface area contributed by atoms with Crippen LogP contribution in [0.3, 0.4) is 0 Å². The van der Waals surface area contributed by atoms with Crippen molar-refractivity contribution in [2.24, 2.45) is 0 Å². The van der Waals surface area contributed by atoms with Gasteiger partial charge in [-0.25, -0.2) is 4.39 Å². The van der Waals surface area contributed by atoms with Gasteiger partial charge in [-0.3, -0.25) is 4.79 Å². The molecule has 0 aliphatic carbocycles. The predicted molar refractivity (Wildman–Crippen MR) is 97.2 cm³/mol. The monoisotopic (exact) mass is 391 g/mol. The molecule has 0 saturated heterocycles. The Labute approximate surface area is 149 Å². The largest absolute Gasteiger partial charge is 0.384 e. The number of aliphatic hydroxyl groups excluding tert-OH is 1. The van der Waals surface area contributed by atoms with Gasteiger partial charge in [0.15, 0.2) is 0 Å².